The Morgan fingerprint density at radius 2 is 1.46 bits per heavy atom. The van der Waals surface area contributed by atoms with Gasteiger partial charge in [-0.05, 0) is 54.4 Å². The molecule has 2 bridgehead atoms. The van der Waals surface area contributed by atoms with Gasteiger partial charge >= 0.3 is 12.4 Å². The number of carbonyl (C=O) groups excluding carboxylic acids is 1. The number of benzene rings is 1. The zero-order chi connectivity index (χ0) is 19.7. The van der Waals surface area contributed by atoms with Crippen molar-refractivity contribution in [3.05, 3.63) is 34.9 Å². The predicted molar refractivity (Wildman–Crippen MR) is 83.3 cm³/mol. The van der Waals surface area contributed by atoms with E-state index in [1.807, 2.05) is 20.8 Å². The van der Waals surface area contributed by atoms with E-state index in [4.69, 9.17) is 0 Å². The van der Waals surface area contributed by atoms with Crippen LogP contribution in [0.25, 0.3) is 0 Å². The van der Waals surface area contributed by atoms with Crippen LogP contribution in [0, 0.1) is 22.7 Å². The zero-order valence-electron chi connectivity index (χ0n) is 14.7. The molecule has 0 amide bonds. The molecular formula is C19H20F6O. The van der Waals surface area contributed by atoms with Crippen LogP contribution in [0.3, 0.4) is 0 Å². The lowest BCUT2D eigenvalue weighted by Crippen LogP contribution is -2.33. The van der Waals surface area contributed by atoms with Crippen LogP contribution >= 0.6 is 0 Å². The van der Waals surface area contributed by atoms with Crippen molar-refractivity contribution in [3.8, 4) is 0 Å². The molecule has 26 heavy (non-hydrogen) atoms. The van der Waals surface area contributed by atoms with Crippen LogP contribution in [0.4, 0.5) is 26.3 Å². The molecule has 1 aromatic carbocycles. The van der Waals surface area contributed by atoms with E-state index in [9.17, 15) is 31.1 Å². The second-order valence-corrected chi connectivity index (χ2v) is 8.29. The van der Waals surface area contributed by atoms with Gasteiger partial charge in [0.25, 0.3) is 0 Å². The number of ketones is 1. The van der Waals surface area contributed by atoms with Crippen LogP contribution in [0.15, 0.2) is 18.2 Å². The molecule has 0 saturated heterocycles. The third-order valence-electron chi connectivity index (χ3n) is 6.77. The first kappa shape index (κ1) is 19.2. The fourth-order valence-electron chi connectivity index (χ4n) is 4.90. The summed E-state index contributed by atoms with van der Waals surface area (Å²) in [6.45, 7) is 5.80. The van der Waals surface area contributed by atoms with Crippen LogP contribution in [0.5, 0.6) is 0 Å². The topological polar surface area (TPSA) is 17.1 Å². The average Bonchev–Trinajstić information content (AvgIpc) is 2.79. The average molecular weight is 378 g/mol. The maximum Gasteiger partial charge on any atom is 0.416 e. The minimum atomic E-state index is -4.88. The molecule has 7 heteroatoms. The van der Waals surface area contributed by atoms with Gasteiger partial charge in [0, 0.05) is 11.3 Å². The molecule has 2 fully saturated rings. The molecule has 0 heterocycles. The fourth-order valence-corrected chi connectivity index (χ4v) is 4.90. The van der Waals surface area contributed by atoms with E-state index in [-0.39, 0.29) is 35.2 Å². The van der Waals surface area contributed by atoms with Crippen molar-refractivity contribution in [1.29, 1.82) is 0 Å². The van der Waals surface area contributed by atoms with Gasteiger partial charge in [0.2, 0.25) is 0 Å². The third kappa shape index (κ3) is 2.74. The van der Waals surface area contributed by atoms with Crippen molar-refractivity contribution >= 4 is 5.78 Å². The Labute approximate surface area is 147 Å². The maximum atomic E-state index is 13.0. The number of hydrogen-bond donors (Lipinski definition) is 0. The monoisotopic (exact) mass is 378 g/mol. The summed E-state index contributed by atoms with van der Waals surface area (Å²) in [7, 11) is 0. The summed E-state index contributed by atoms with van der Waals surface area (Å²) in [6.07, 6.45) is -8.35. The molecule has 3 rings (SSSR count). The van der Waals surface area contributed by atoms with Gasteiger partial charge < -0.3 is 0 Å². The van der Waals surface area contributed by atoms with Crippen LogP contribution in [-0.4, -0.2) is 5.78 Å². The lowest BCUT2D eigenvalue weighted by atomic mass is 9.70. The number of carbonyl (C=O) groups is 1. The predicted octanol–water partition coefficient (Wildman–Crippen LogP) is 5.91. The SMILES string of the molecule is CC12CCC([C@H](Cc3cc(C(F)(F)F)cc(C(F)(F)F)c3)C1=O)C2(C)C. The van der Waals surface area contributed by atoms with Crippen LogP contribution in [0.1, 0.15) is 50.3 Å². The Hall–Kier alpha value is -1.53. The highest BCUT2D eigenvalue weighted by atomic mass is 19.4. The molecular weight excluding hydrogens is 358 g/mol. The normalized spacial score (nSPS) is 30.9. The summed E-state index contributed by atoms with van der Waals surface area (Å²) in [4.78, 5) is 12.8. The molecule has 144 valence electrons. The number of halogens is 6. The first-order chi connectivity index (χ1) is 11.7. The van der Waals surface area contributed by atoms with E-state index in [0.717, 1.165) is 25.0 Å². The third-order valence-corrected chi connectivity index (χ3v) is 6.77. The van der Waals surface area contributed by atoms with Gasteiger partial charge in [0.05, 0.1) is 11.1 Å². The smallest absolute Gasteiger partial charge is 0.299 e. The van der Waals surface area contributed by atoms with E-state index >= 15 is 0 Å². The fraction of sp³-hybridized carbons (Fsp3) is 0.632. The molecule has 0 radical (unpaired) electrons. The quantitative estimate of drug-likeness (QED) is 0.585. The Morgan fingerprint density at radius 3 is 1.85 bits per heavy atom. The Morgan fingerprint density at radius 1 is 0.962 bits per heavy atom. The first-order valence-corrected chi connectivity index (χ1v) is 8.50. The van der Waals surface area contributed by atoms with E-state index in [2.05, 4.69) is 0 Å². The van der Waals surface area contributed by atoms with Gasteiger partial charge in [0.15, 0.2) is 0 Å². The molecule has 2 aliphatic rings. The summed E-state index contributed by atoms with van der Waals surface area (Å²) in [5.74, 6) is -0.595. The highest BCUT2D eigenvalue weighted by Gasteiger charge is 2.65. The van der Waals surface area contributed by atoms with Crippen molar-refractivity contribution in [2.45, 2.75) is 52.4 Å². The number of rotatable bonds is 2. The lowest BCUT2D eigenvalue weighted by Gasteiger charge is -2.32. The highest BCUT2D eigenvalue weighted by molar-refractivity contribution is 5.91. The van der Waals surface area contributed by atoms with Crippen molar-refractivity contribution in [2.24, 2.45) is 22.7 Å². The van der Waals surface area contributed by atoms with E-state index in [0.29, 0.717) is 0 Å². The second kappa shape index (κ2) is 5.49. The largest absolute Gasteiger partial charge is 0.416 e. The second-order valence-electron chi connectivity index (χ2n) is 8.29. The summed E-state index contributed by atoms with van der Waals surface area (Å²) in [5, 5.41) is 0. The van der Waals surface area contributed by atoms with E-state index in [1.165, 1.54) is 0 Å². The highest BCUT2D eigenvalue weighted by Crippen LogP contribution is 2.66. The van der Waals surface area contributed by atoms with Crippen molar-refractivity contribution in [2.75, 3.05) is 0 Å². The summed E-state index contributed by atoms with van der Waals surface area (Å²) in [6, 6.07) is 1.60. The minimum Gasteiger partial charge on any atom is -0.299 e. The molecule has 2 saturated carbocycles. The summed E-state index contributed by atoms with van der Waals surface area (Å²) >= 11 is 0. The molecule has 0 spiro atoms. The number of hydrogen-bond acceptors (Lipinski definition) is 1. The van der Waals surface area contributed by atoms with Gasteiger partial charge in [-0.1, -0.05) is 20.8 Å². The number of fused-ring (bicyclic) bond motifs is 2. The molecule has 0 N–H and O–H groups in total. The molecule has 1 aromatic rings. The molecule has 2 unspecified atom stereocenters. The maximum absolute atomic E-state index is 13.0. The number of alkyl halides is 6. The van der Waals surface area contributed by atoms with Crippen molar-refractivity contribution in [1.82, 2.24) is 0 Å². The van der Waals surface area contributed by atoms with Crippen LogP contribution in [0.2, 0.25) is 0 Å². The molecule has 2 aliphatic carbocycles. The number of Topliss-reactive ketones (excluding diaryl/α,β-unsaturated/α-hetero) is 1. The van der Waals surface area contributed by atoms with Gasteiger partial charge in [0.1, 0.15) is 5.78 Å². The Balaban J connectivity index is 2.00. The lowest BCUT2D eigenvalue weighted by molar-refractivity contribution is -0.143. The van der Waals surface area contributed by atoms with Crippen molar-refractivity contribution in [3.63, 3.8) is 0 Å². The molecule has 1 nitrogen and oxygen atoms in total. The van der Waals surface area contributed by atoms with E-state index < -0.39 is 34.8 Å². The Kier molecular flexibility index (Phi) is 4.06. The summed E-state index contributed by atoms with van der Waals surface area (Å²) < 4.78 is 78.2. The minimum absolute atomic E-state index is 0.0242. The van der Waals surface area contributed by atoms with Gasteiger partial charge in [-0.15, -0.1) is 0 Å². The Bertz CT molecular complexity index is 713. The van der Waals surface area contributed by atoms with Gasteiger partial charge in [-0.2, -0.15) is 26.3 Å². The van der Waals surface area contributed by atoms with Gasteiger partial charge in [-0.3, -0.25) is 4.79 Å². The molecule has 3 atom stereocenters. The van der Waals surface area contributed by atoms with Crippen LogP contribution in [-0.2, 0) is 23.6 Å². The van der Waals surface area contributed by atoms with Crippen molar-refractivity contribution < 1.29 is 31.1 Å². The van der Waals surface area contributed by atoms with Gasteiger partial charge in [-0.25, -0.2) is 0 Å². The molecule has 0 aromatic heterocycles. The molecule has 0 aliphatic heterocycles. The van der Waals surface area contributed by atoms with E-state index in [1.54, 1.807) is 0 Å². The zero-order valence-corrected chi connectivity index (χ0v) is 14.7. The summed E-state index contributed by atoms with van der Waals surface area (Å²) in [5.41, 5.74) is -3.61. The van der Waals surface area contributed by atoms with Crippen LogP contribution < -0.4 is 0 Å². The standard InChI is InChI=1S/C19H20F6O/c1-16(2)14-4-5-17(16,3)15(26)13(14)8-10-6-11(18(20,21)22)9-12(7-10)19(23,24)25/h6-7,9,13-14H,4-5,8H2,1-3H3/t13-,14?,17?/m0/s1. The first-order valence-electron chi connectivity index (χ1n) is 8.50.